The highest BCUT2D eigenvalue weighted by Crippen LogP contribution is 2.27. The quantitative estimate of drug-likeness (QED) is 0.915. The maximum absolute atomic E-state index is 10.0. The van der Waals surface area contributed by atoms with E-state index >= 15 is 0 Å². The maximum Gasteiger partial charge on any atom is 0.120 e. The zero-order chi connectivity index (χ0) is 13.8. The fourth-order valence-electron chi connectivity index (χ4n) is 1.94. The summed E-state index contributed by atoms with van der Waals surface area (Å²) < 4.78 is 6.77. The van der Waals surface area contributed by atoms with Gasteiger partial charge in [0.25, 0.3) is 0 Å². The average Bonchev–Trinajstić information content (AvgIpc) is 2.43. The molecule has 0 bridgehead atoms. The Kier molecular flexibility index (Phi) is 4.61. The van der Waals surface area contributed by atoms with Crippen LogP contribution < -0.4 is 4.74 Å². The van der Waals surface area contributed by atoms with Gasteiger partial charge in [0.15, 0.2) is 0 Å². The van der Waals surface area contributed by atoms with Crippen LogP contribution in [0.1, 0.15) is 22.8 Å². The number of rotatable bonds is 4. The first kappa shape index (κ1) is 14.1. The summed E-state index contributed by atoms with van der Waals surface area (Å²) >= 11 is 3.53. The SMILES string of the molecule is Cc1cc(OCC(O)c2ccccc2)cc(C)c1Br. The number of aryl methyl sites for hydroxylation is 2. The van der Waals surface area contributed by atoms with Crippen LogP contribution in [0, 0.1) is 13.8 Å². The summed E-state index contributed by atoms with van der Waals surface area (Å²) in [5.74, 6) is 0.785. The van der Waals surface area contributed by atoms with Gasteiger partial charge in [0.1, 0.15) is 18.5 Å². The summed E-state index contributed by atoms with van der Waals surface area (Å²) in [6.07, 6.45) is -0.606. The van der Waals surface area contributed by atoms with Crippen LogP contribution in [0.5, 0.6) is 5.75 Å². The van der Waals surface area contributed by atoms with Crippen molar-refractivity contribution in [2.45, 2.75) is 20.0 Å². The lowest BCUT2D eigenvalue weighted by Gasteiger charge is -2.14. The second kappa shape index (κ2) is 6.22. The zero-order valence-electron chi connectivity index (χ0n) is 11.1. The molecule has 0 spiro atoms. The van der Waals surface area contributed by atoms with Crippen molar-refractivity contribution in [1.82, 2.24) is 0 Å². The van der Waals surface area contributed by atoms with Crippen LogP contribution >= 0.6 is 15.9 Å². The lowest BCUT2D eigenvalue weighted by molar-refractivity contribution is 0.108. The molecule has 0 heterocycles. The van der Waals surface area contributed by atoms with Crippen molar-refractivity contribution in [3.05, 3.63) is 63.6 Å². The van der Waals surface area contributed by atoms with E-state index in [1.54, 1.807) is 0 Å². The summed E-state index contributed by atoms with van der Waals surface area (Å²) in [6.45, 7) is 4.31. The predicted molar refractivity (Wildman–Crippen MR) is 80.5 cm³/mol. The Morgan fingerprint density at radius 3 is 2.26 bits per heavy atom. The number of benzene rings is 2. The molecule has 3 heteroatoms. The van der Waals surface area contributed by atoms with E-state index in [1.165, 1.54) is 0 Å². The van der Waals surface area contributed by atoms with Gasteiger partial charge in [-0.05, 0) is 42.7 Å². The highest BCUT2D eigenvalue weighted by molar-refractivity contribution is 9.10. The smallest absolute Gasteiger partial charge is 0.120 e. The van der Waals surface area contributed by atoms with E-state index in [9.17, 15) is 5.11 Å². The Hall–Kier alpha value is -1.32. The van der Waals surface area contributed by atoms with Crippen LogP contribution in [-0.4, -0.2) is 11.7 Å². The van der Waals surface area contributed by atoms with Crippen molar-refractivity contribution in [3.8, 4) is 5.75 Å². The fraction of sp³-hybridized carbons (Fsp3) is 0.250. The lowest BCUT2D eigenvalue weighted by Crippen LogP contribution is -2.09. The second-order valence-corrected chi connectivity index (χ2v) is 5.40. The van der Waals surface area contributed by atoms with Crippen molar-refractivity contribution in [2.24, 2.45) is 0 Å². The van der Waals surface area contributed by atoms with Crippen molar-refractivity contribution < 1.29 is 9.84 Å². The number of hydrogen-bond donors (Lipinski definition) is 1. The van der Waals surface area contributed by atoms with Gasteiger partial charge in [-0.2, -0.15) is 0 Å². The third-order valence-electron chi connectivity index (χ3n) is 3.00. The molecule has 0 saturated heterocycles. The molecule has 1 atom stereocenters. The predicted octanol–water partition coefficient (Wildman–Crippen LogP) is 4.18. The van der Waals surface area contributed by atoms with Gasteiger partial charge in [-0.1, -0.05) is 46.3 Å². The third kappa shape index (κ3) is 3.58. The van der Waals surface area contributed by atoms with Gasteiger partial charge >= 0.3 is 0 Å². The summed E-state index contributed by atoms with van der Waals surface area (Å²) in [7, 11) is 0. The Labute approximate surface area is 122 Å². The number of ether oxygens (including phenoxy) is 1. The Morgan fingerprint density at radius 2 is 1.68 bits per heavy atom. The highest BCUT2D eigenvalue weighted by Gasteiger charge is 2.09. The van der Waals surface area contributed by atoms with Crippen LogP contribution in [0.15, 0.2) is 46.9 Å². The highest BCUT2D eigenvalue weighted by atomic mass is 79.9. The molecule has 0 amide bonds. The first-order valence-electron chi connectivity index (χ1n) is 6.20. The number of hydrogen-bond acceptors (Lipinski definition) is 2. The van der Waals surface area contributed by atoms with Crippen molar-refractivity contribution in [3.63, 3.8) is 0 Å². The van der Waals surface area contributed by atoms with Crippen LogP contribution in [0.25, 0.3) is 0 Å². The molecule has 1 unspecified atom stereocenters. The molecule has 2 rings (SSSR count). The second-order valence-electron chi connectivity index (χ2n) is 4.61. The molecule has 0 fully saturated rings. The molecule has 2 aromatic carbocycles. The van der Waals surface area contributed by atoms with Gasteiger partial charge < -0.3 is 9.84 Å². The molecule has 0 saturated carbocycles. The van der Waals surface area contributed by atoms with E-state index in [2.05, 4.69) is 15.9 Å². The van der Waals surface area contributed by atoms with Gasteiger partial charge in [-0.15, -0.1) is 0 Å². The Balaban J connectivity index is 2.03. The Morgan fingerprint density at radius 1 is 1.11 bits per heavy atom. The topological polar surface area (TPSA) is 29.5 Å². The molecular formula is C16H17BrO2. The summed E-state index contributed by atoms with van der Waals surface area (Å²) in [5.41, 5.74) is 3.13. The first-order valence-corrected chi connectivity index (χ1v) is 7.00. The van der Waals surface area contributed by atoms with E-state index in [4.69, 9.17) is 4.74 Å². The Bertz CT molecular complexity index is 529. The zero-order valence-corrected chi connectivity index (χ0v) is 12.6. The van der Waals surface area contributed by atoms with Gasteiger partial charge in [-0.3, -0.25) is 0 Å². The van der Waals surface area contributed by atoms with Crippen LogP contribution in [0.2, 0.25) is 0 Å². The molecule has 0 aliphatic rings. The first-order chi connectivity index (χ1) is 9.08. The van der Waals surface area contributed by atoms with Gasteiger partial charge in [0, 0.05) is 4.47 Å². The molecule has 0 aliphatic heterocycles. The average molecular weight is 321 g/mol. The van der Waals surface area contributed by atoms with E-state index in [0.29, 0.717) is 0 Å². The van der Waals surface area contributed by atoms with Crippen molar-refractivity contribution >= 4 is 15.9 Å². The normalized spacial score (nSPS) is 12.2. The standard InChI is InChI=1S/C16H17BrO2/c1-11-8-14(9-12(2)16(11)17)19-10-15(18)13-6-4-3-5-7-13/h3-9,15,18H,10H2,1-2H3. The minimum Gasteiger partial charge on any atom is -0.491 e. The van der Waals surface area contributed by atoms with E-state index in [-0.39, 0.29) is 6.61 Å². The van der Waals surface area contributed by atoms with E-state index in [1.807, 2.05) is 56.3 Å². The molecule has 1 N–H and O–H groups in total. The van der Waals surface area contributed by atoms with Crippen molar-refractivity contribution in [1.29, 1.82) is 0 Å². The molecule has 2 nitrogen and oxygen atoms in total. The third-order valence-corrected chi connectivity index (χ3v) is 4.25. The number of aliphatic hydroxyl groups is 1. The van der Waals surface area contributed by atoms with Crippen LogP contribution in [0.3, 0.4) is 0 Å². The van der Waals surface area contributed by atoms with Crippen molar-refractivity contribution in [2.75, 3.05) is 6.61 Å². The van der Waals surface area contributed by atoms with Crippen LogP contribution in [0.4, 0.5) is 0 Å². The maximum atomic E-state index is 10.0. The molecule has 0 aliphatic carbocycles. The molecule has 0 radical (unpaired) electrons. The minimum atomic E-state index is -0.606. The molecule has 2 aromatic rings. The van der Waals surface area contributed by atoms with Gasteiger partial charge in [-0.25, -0.2) is 0 Å². The molecule has 0 aromatic heterocycles. The molecular weight excluding hydrogens is 304 g/mol. The minimum absolute atomic E-state index is 0.254. The monoisotopic (exact) mass is 320 g/mol. The summed E-state index contributed by atoms with van der Waals surface area (Å²) in [4.78, 5) is 0. The van der Waals surface area contributed by atoms with E-state index < -0.39 is 6.10 Å². The summed E-state index contributed by atoms with van der Waals surface area (Å²) in [6, 6.07) is 13.5. The molecule has 19 heavy (non-hydrogen) atoms. The number of halogens is 1. The fourth-order valence-corrected chi connectivity index (χ4v) is 2.16. The number of aliphatic hydroxyl groups excluding tert-OH is 1. The van der Waals surface area contributed by atoms with Gasteiger partial charge in [0.05, 0.1) is 0 Å². The van der Waals surface area contributed by atoms with Crippen LogP contribution in [-0.2, 0) is 0 Å². The lowest BCUT2D eigenvalue weighted by atomic mass is 10.1. The summed E-state index contributed by atoms with van der Waals surface area (Å²) in [5, 5.41) is 10.0. The van der Waals surface area contributed by atoms with E-state index in [0.717, 1.165) is 26.9 Å². The largest absolute Gasteiger partial charge is 0.491 e. The van der Waals surface area contributed by atoms with Gasteiger partial charge in [0.2, 0.25) is 0 Å². The molecule has 100 valence electrons.